The van der Waals surface area contributed by atoms with Gasteiger partial charge in [0.1, 0.15) is 24.4 Å². The normalized spacial score (nSPS) is 45.4. The fourth-order valence-electron chi connectivity index (χ4n) is 2.07. The van der Waals surface area contributed by atoms with E-state index in [1.54, 1.807) is 13.8 Å². The summed E-state index contributed by atoms with van der Waals surface area (Å²) in [6, 6.07) is 0. The van der Waals surface area contributed by atoms with Gasteiger partial charge in [-0.25, -0.2) is 0 Å². The Bertz CT molecular complexity index is 266. The Morgan fingerprint density at radius 3 is 2.31 bits per heavy atom. The maximum Gasteiger partial charge on any atom is 0.190 e. The Hall–Kier alpha value is -0.240. The molecule has 0 amide bonds. The van der Waals surface area contributed by atoms with Crippen molar-refractivity contribution in [3.63, 3.8) is 0 Å². The molecule has 2 saturated heterocycles. The lowest BCUT2D eigenvalue weighted by Crippen LogP contribution is -2.45. The lowest BCUT2D eigenvalue weighted by atomic mass is 10.0. The van der Waals surface area contributed by atoms with E-state index in [0.29, 0.717) is 0 Å². The van der Waals surface area contributed by atoms with Gasteiger partial charge in [0.15, 0.2) is 12.1 Å². The van der Waals surface area contributed by atoms with Gasteiger partial charge >= 0.3 is 0 Å². The van der Waals surface area contributed by atoms with Gasteiger partial charge in [-0.3, -0.25) is 0 Å². The third-order valence-electron chi connectivity index (χ3n) is 2.88. The van der Waals surface area contributed by atoms with E-state index in [4.69, 9.17) is 14.2 Å². The summed E-state index contributed by atoms with van der Waals surface area (Å²) in [5.41, 5.74) is 0. The molecule has 3 N–H and O–H groups in total. The van der Waals surface area contributed by atoms with E-state index < -0.39 is 42.6 Å². The highest BCUT2D eigenvalue weighted by Gasteiger charge is 2.56. The van der Waals surface area contributed by atoms with Crippen LogP contribution in [0.4, 0.5) is 0 Å². The first-order chi connectivity index (χ1) is 7.32. The molecule has 0 radical (unpaired) electrons. The van der Waals surface area contributed by atoms with Gasteiger partial charge in [-0.05, 0) is 20.8 Å². The molecule has 6 nitrogen and oxygen atoms in total. The van der Waals surface area contributed by atoms with Crippen LogP contribution in [0.5, 0.6) is 0 Å². The SMILES string of the molecule is C[C@@H](O)[C@@H](O)[C@H]1O[C@@H]2OC(C)(C)O[C@@H]2[C@H]1O. The Morgan fingerprint density at radius 1 is 1.19 bits per heavy atom. The smallest absolute Gasteiger partial charge is 0.190 e. The molecule has 6 heteroatoms. The van der Waals surface area contributed by atoms with Crippen molar-refractivity contribution in [2.45, 2.75) is 63.4 Å². The summed E-state index contributed by atoms with van der Waals surface area (Å²) >= 11 is 0. The van der Waals surface area contributed by atoms with Crippen molar-refractivity contribution in [2.75, 3.05) is 0 Å². The molecule has 0 bridgehead atoms. The zero-order chi connectivity index (χ0) is 12.1. The van der Waals surface area contributed by atoms with E-state index in [2.05, 4.69) is 0 Å². The minimum absolute atomic E-state index is 0.617. The van der Waals surface area contributed by atoms with Crippen molar-refractivity contribution < 1.29 is 29.5 Å². The molecule has 0 spiro atoms. The van der Waals surface area contributed by atoms with Crippen LogP contribution in [0.25, 0.3) is 0 Å². The lowest BCUT2D eigenvalue weighted by Gasteiger charge is -2.26. The zero-order valence-electron chi connectivity index (χ0n) is 9.53. The molecule has 2 heterocycles. The van der Waals surface area contributed by atoms with Gasteiger partial charge < -0.3 is 29.5 Å². The predicted octanol–water partition coefficient (Wildman–Crippen LogP) is -1.03. The fourth-order valence-corrected chi connectivity index (χ4v) is 2.07. The van der Waals surface area contributed by atoms with Crippen molar-refractivity contribution in [3.05, 3.63) is 0 Å². The Morgan fingerprint density at radius 2 is 1.81 bits per heavy atom. The second-order valence-corrected chi connectivity index (χ2v) is 4.79. The van der Waals surface area contributed by atoms with Crippen molar-refractivity contribution in [3.8, 4) is 0 Å². The Balaban J connectivity index is 2.05. The molecule has 0 aromatic heterocycles. The molecular formula is C10H18O6. The summed E-state index contributed by atoms with van der Waals surface area (Å²) in [5.74, 6) is -0.795. The van der Waals surface area contributed by atoms with Gasteiger partial charge in [0.25, 0.3) is 0 Å². The van der Waals surface area contributed by atoms with Crippen LogP contribution >= 0.6 is 0 Å². The number of aliphatic hydroxyl groups excluding tert-OH is 3. The molecular weight excluding hydrogens is 216 g/mol. The zero-order valence-corrected chi connectivity index (χ0v) is 9.53. The number of hydrogen-bond acceptors (Lipinski definition) is 6. The van der Waals surface area contributed by atoms with Crippen LogP contribution in [0.3, 0.4) is 0 Å². The van der Waals surface area contributed by atoms with Gasteiger partial charge in [-0.1, -0.05) is 0 Å². The van der Waals surface area contributed by atoms with E-state index >= 15 is 0 Å². The third kappa shape index (κ3) is 1.97. The van der Waals surface area contributed by atoms with Crippen molar-refractivity contribution in [2.24, 2.45) is 0 Å². The molecule has 2 fully saturated rings. The second kappa shape index (κ2) is 3.90. The first-order valence-electron chi connectivity index (χ1n) is 5.37. The van der Waals surface area contributed by atoms with Crippen LogP contribution in [-0.4, -0.2) is 57.9 Å². The molecule has 2 aliphatic rings. The number of hydrogen-bond donors (Lipinski definition) is 3. The van der Waals surface area contributed by atoms with Crippen molar-refractivity contribution in [1.82, 2.24) is 0 Å². The summed E-state index contributed by atoms with van der Waals surface area (Å²) in [4.78, 5) is 0. The van der Waals surface area contributed by atoms with E-state index in [1.165, 1.54) is 6.92 Å². The molecule has 0 aromatic rings. The molecule has 16 heavy (non-hydrogen) atoms. The van der Waals surface area contributed by atoms with Crippen LogP contribution in [-0.2, 0) is 14.2 Å². The third-order valence-corrected chi connectivity index (χ3v) is 2.88. The monoisotopic (exact) mass is 234 g/mol. The Labute approximate surface area is 93.7 Å². The van der Waals surface area contributed by atoms with Gasteiger partial charge in [0, 0.05) is 0 Å². The van der Waals surface area contributed by atoms with E-state index in [9.17, 15) is 15.3 Å². The number of fused-ring (bicyclic) bond motifs is 1. The molecule has 0 saturated carbocycles. The summed E-state index contributed by atoms with van der Waals surface area (Å²) in [7, 11) is 0. The van der Waals surface area contributed by atoms with E-state index in [1.807, 2.05) is 0 Å². The number of ether oxygens (including phenoxy) is 3. The molecule has 0 aromatic carbocycles. The maximum atomic E-state index is 9.91. The average molecular weight is 234 g/mol. The van der Waals surface area contributed by atoms with Crippen molar-refractivity contribution >= 4 is 0 Å². The fraction of sp³-hybridized carbons (Fsp3) is 1.00. The molecule has 2 rings (SSSR count). The van der Waals surface area contributed by atoms with Crippen molar-refractivity contribution in [1.29, 1.82) is 0 Å². The summed E-state index contributed by atoms with van der Waals surface area (Å²) < 4.78 is 16.2. The molecule has 6 atom stereocenters. The van der Waals surface area contributed by atoms with Crippen LogP contribution in [0.15, 0.2) is 0 Å². The van der Waals surface area contributed by atoms with Crippen LogP contribution < -0.4 is 0 Å². The standard InChI is InChI=1S/C10H18O6/c1-4(11)5(12)7-6(13)8-9(14-7)16-10(2,3)15-8/h4-9,11-13H,1-3H3/t4-,5-,6+,7-,8-,9-/m1/s1. The number of rotatable bonds is 2. The Kier molecular flexibility index (Phi) is 2.98. The summed E-state index contributed by atoms with van der Waals surface area (Å²) in [6.45, 7) is 4.88. The maximum absolute atomic E-state index is 9.91. The van der Waals surface area contributed by atoms with E-state index in [-0.39, 0.29) is 0 Å². The topological polar surface area (TPSA) is 88.4 Å². The van der Waals surface area contributed by atoms with Crippen LogP contribution in [0, 0.1) is 0 Å². The second-order valence-electron chi connectivity index (χ2n) is 4.79. The van der Waals surface area contributed by atoms with Crippen LogP contribution in [0.2, 0.25) is 0 Å². The van der Waals surface area contributed by atoms with Gasteiger partial charge in [0.05, 0.1) is 6.10 Å². The highest BCUT2D eigenvalue weighted by Crippen LogP contribution is 2.38. The van der Waals surface area contributed by atoms with Gasteiger partial charge in [-0.2, -0.15) is 0 Å². The summed E-state index contributed by atoms with van der Waals surface area (Å²) in [6.07, 6.45) is -5.33. The summed E-state index contributed by atoms with van der Waals surface area (Å²) in [5, 5.41) is 28.8. The molecule has 0 aliphatic carbocycles. The highest BCUT2D eigenvalue weighted by atomic mass is 16.8. The first kappa shape index (κ1) is 12.2. The highest BCUT2D eigenvalue weighted by molar-refractivity contribution is 4.96. The van der Waals surface area contributed by atoms with Gasteiger partial charge in [0.2, 0.25) is 0 Å². The lowest BCUT2D eigenvalue weighted by molar-refractivity contribution is -0.230. The molecule has 0 unspecified atom stereocenters. The van der Waals surface area contributed by atoms with E-state index in [0.717, 1.165) is 0 Å². The van der Waals surface area contributed by atoms with Gasteiger partial charge in [-0.15, -0.1) is 0 Å². The minimum atomic E-state index is -1.16. The average Bonchev–Trinajstić information content (AvgIpc) is 2.60. The van der Waals surface area contributed by atoms with Crippen LogP contribution in [0.1, 0.15) is 20.8 Å². The predicted molar refractivity (Wildman–Crippen MR) is 52.4 cm³/mol. The number of aliphatic hydroxyl groups is 3. The minimum Gasteiger partial charge on any atom is -0.391 e. The first-order valence-corrected chi connectivity index (χ1v) is 5.37. The largest absolute Gasteiger partial charge is 0.391 e. The molecule has 94 valence electrons. The molecule has 2 aliphatic heterocycles. The quantitative estimate of drug-likeness (QED) is 0.566.